The quantitative estimate of drug-likeness (QED) is 0.612. The Bertz CT molecular complexity index is 395. The van der Waals surface area contributed by atoms with Crippen LogP contribution < -0.4 is 4.43 Å². The number of epoxide rings is 1. The first kappa shape index (κ1) is 13.6. The third-order valence-electron chi connectivity index (χ3n) is 3.03. The van der Waals surface area contributed by atoms with Crippen LogP contribution in [0.4, 0.5) is 0 Å². The van der Waals surface area contributed by atoms with Crippen molar-refractivity contribution in [2.75, 3.05) is 6.61 Å². The Morgan fingerprint density at radius 2 is 2.00 bits per heavy atom. The first-order valence-corrected chi connectivity index (χ1v) is 9.00. The second-order valence-electron chi connectivity index (χ2n) is 6.21. The number of benzene rings is 1. The molecule has 0 amide bonds. The molecule has 1 aromatic carbocycles. The van der Waals surface area contributed by atoms with Crippen LogP contribution in [-0.4, -0.2) is 21.8 Å². The molecule has 18 heavy (non-hydrogen) atoms. The van der Waals surface area contributed by atoms with Crippen molar-refractivity contribution < 1.29 is 9.16 Å². The normalized spacial score (nSPS) is 19.1. The second kappa shape index (κ2) is 5.06. The molecule has 1 saturated heterocycles. The first-order valence-electron chi connectivity index (χ1n) is 6.60. The van der Waals surface area contributed by atoms with E-state index in [1.54, 1.807) is 0 Å². The van der Waals surface area contributed by atoms with Crippen LogP contribution in [0, 0.1) is 0 Å². The van der Waals surface area contributed by atoms with Gasteiger partial charge in [-0.1, -0.05) is 32.9 Å². The highest BCUT2D eigenvalue weighted by Crippen LogP contribution is 2.36. The third-order valence-corrected chi connectivity index (χ3v) is 3.65. The van der Waals surface area contributed by atoms with Gasteiger partial charge in [-0.25, -0.2) is 0 Å². The summed E-state index contributed by atoms with van der Waals surface area (Å²) < 4.78 is 11.4. The van der Waals surface area contributed by atoms with Crippen LogP contribution in [-0.2, 0) is 16.6 Å². The van der Waals surface area contributed by atoms with E-state index >= 15 is 0 Å². The molecule has 0 N–H and O–H groups in total. The largest absolute Gasteiger partial charge is 0.542 e. The molecule has 2 rings (SSSR count). The minimum absolute atomic E-state index is 0.109. The van der Waals surface area contributed by atoms with Crippen molar-refractivity contribution in [2.45, 2.75) is 51.8 Å². The Balaban J connectivity index is 2.38. The lowest BCUT2D eigenvalue weighted by molar-refractivity contribution is 0.405. The highest BCUT2D eigenvalue weighted by atomic mass is 28.3. The van der Waals surface area contributed by atoms with E-state index in [2.05, 4.69) is 52.1 Å². The zero-order valence-corrected chi connectivity index (χ0v) is 13.0. The van der Waals surface area contributed by atoms with Gasteiger partial charge in [-0.05, 0) is 30.1 Å². The van der Waals surface area contributed by atoms with Crippen molar-refractivity contribution in [2.24, 2.45) is 0 Å². The van der Waals surface area contributed by atoms with Gasteiger partial charge in [0.15, 0.2) is 0 Å². The molecule has 0 aliphatic carbocycles. The van der Waals surface area contributed by atoms with Gasteiger partial charge in [0, 0.05) is 12.0 Å². The Hall–Kier alpha value is -0.803. The maximum Gasteiger partial charge on any atom is 0.274 e. The molecule has 99 valence electrons. The Labute approximate surface area is 112 Å². The summed E-state index contributed by atoms with van der Waals surface area (Å²) in [7, 11) is -0.729. The molecule has 1 heterocycles. The van der Waals surface area contributed by atoms with Crippen molar-refractivity contribution >= 4 is 9.04 Å². The van der Waals surface area contributed by atoms with Crippen molar-refractivity contribution in [1.29, 1.82) is 0 Å². The molecule has 1 fully saturated rings. The molecule has 0 aromatic heterocycles. The number of hydrogen-bond donors (Lipinski definition) is 0. The van der Waals surface area contributed by atoms with Gasteiger partial charge in [-0.3, -0.25) is 0 Å². The van der Waals surface area contributed by atoms with Gasteiger partial charge in [0.05, 0.1) is 12.7 Å². The molecule has 1 aliphatic rings. The summed E-state index contributed by atoms with van der Waals surface area (Å²) in [6, 6.07) is 6.43. The molecule has 1 radical (unpaired) electrons. The topological polar surface area (TPSA) is 21.8 Å². The Morgan fingerprint density at radius 3 is 2.50 bits per heavy atom. The lowest BCUT2D eigenvalue weighted by atomic mass is 9.82. The number of rotatable bonds is 4. The predicted octanol–water partition coefficient (Wildman–Crippen LogP) is 3.56. The zero-order chi connectivity index (χ0) is 13.3. The molecule has 1 aromatic rings. The van der Waals surface area contributed by atoms with Crippen molar-refractivity contribution in [3.63, 3.8) is 0 Å². The molecule has 1 unspecified atom stereocenters. The maximum atomic E-state index is 6.08. The molecule has 2 nitrogen and oxygen atoms in total. The van der Waals surface area contributed by atoms with E-state index in [9.17, 15) is 0 Å². The molecule has 1 aliphatic heterocycles. The second-order valence-corrected chi connectivity index (χ2v) is 8.23. The third kappa shape index (κ3) is 3.36. The fourth-order valence-corrected chi connectivity index (χ4v) is 2.94. The van der Waals surface area contributed by atoms with E-state index in [-0.39, 0.29) is 5.41 Å². The highest BCUT2D eigenvalue weighted by molar-refractivity contribution is 6.49. The molecular formula is C15H23O2Si. The van der Waals surface area contributed by atoms with Crippen LogP contribution in [0.5, 0.6) is 5.75 Å². The van der Waals surface area contributed by atoms with Crippen molar-refractivity contribution in [1.82, 2.24) is 0 Å². The SMILES string of the molecule is C[Si](C)Oc1cccc(CC2CO2)c1C(C)(C)C. The van der Waals surface area contributed by atoms with E-state index in [4.69, 9.17) is 9.16 Å². The lowest BCUT2D eigenvalue weighted by Crippen LogP contribution is -2.20. The van der Waals surface area contributed by atoms with E-state index in [0.717, 1.165) is 18.8 Å². The summed E-state index contributed by atoms with van der Waals surface area (Å²) >= 11 is 0. The molecule has 0 spiro atoms. The van der Waals surface area contributed by atoms with Gasteiger partial charge >= 0.3 is 0 Å². The maximum absolute atomic E-state index is 6.08. The monoisotopic (exact) mass is 263 g/mol. The first-order chi connectivity index (χ1) is 8.38. The molecular weight excluding hydrogens is 240 g/mol. The highest BCUT2D eigenvalue weighted by Gasteiger charge is 2.28. The zero-order valence-electron chi connectivity index (χ0n) is 12.0. The van der Waals surface area contributed by atoms with Crippen LogP contribution in [0.2, 0.25) is 13.1 Å². The van der Waals surface area contributed by atoms with Gasteiger partial charge in [0.2, 0.25) is 0 Å². The average molecular weight is 263 g/mol. The molecule has 3 heteroatoms. The van der Waals surface area contributed by atoms with Crippen LogP contribution in [0.3, 0.4) is 0 Å². The standard InChI is InChI=1S/C15H23O2Si/c1-15(2,3)14-11(9-12-10-16-12)7-6-8-13(14)17-18(4)5/h6-8,12H,9-10H2,1-5H3. The minimum Gasteiger partial charge on any atom is -0.542 e. The van der Waals surface area contributed by atoms with E-state index in [1.807, 2.05) is 0 Å². The van der Waals surface area contributed by atoms with Crippen LogP contribution in [0.15, 0.2) is 18.2 Å². The summed E-state index contributed by atoms with van der Waals surface area (Å²) in [5.74, 6) is 1.07. The van der Waals surface area contributed by atoms with Crippen molar-refractivity contribution in [3.05, 3.63) is 29.3 Å². The van der Waals surface area contributed by atoms with Crippen LogP contribution >= 0.6 is 0 Å². The fraction of sp³-hybridized carbons (Fsp3) is 0.600. The summed E-state index contributed by atoms with van der Waals surface area (Å²) in [6.45, 7) is 12.0. The molecule has 1 atom stereocenters. The minimum atomic E-state index is -0.729. The average Bonchev–Trinajstić information content (AvgIpc) is 2.98. The molecule has 0 saturated carbocycles. The van der Waals surface area contributed by atoms with Gasteiger partial charge in [-0.15, -0.1) is 0 Å². The van der Waals surface area contributed by atoms with Crippen LogP contribution in [0.25, 0.3) is 0 Å². The number of ether oxygens (including phenoxy) is 1. The summed E-state index contributed by atoms with van der Waals surface area (Å²) in [6.07, 6.45) is 1.44. The number of hydrogen-bond acceptors (Lipinski definition) is 2. The van der Waals surface area contributed by atoms with Crippen LogP contribution in [0.1, 0.15) is 31.9 Å². The Morgan fingerprint density at radius 1 is 1.33 bits per heavy atom. The van der Waals surface area contributed by atoms with Gasteiger partial charge in [0.25, 0.3) is 9.04 Å². The smallest absolute Gasteiger partial charge is 0.274 e. The van der Waals surface area contributed by atoms with E-state index < -0.39 is 9.04 Å². The van der Waals surface area contributed by atoms with Gasteiger partial charge in [-0.2, -0.15) is 0 Å². The fourth-order valence-electron chi connectivity index (χ4n) is 2.33. The summed E-state index contributed by atoms with van der Waals surface area (Å²) in [5.41, 5.74) is 2.84. The predicted molar refractivity (Wildman–Crippen MR) is 76.7 cm³/mol. The summed E-state index contributed by atoms with van der Waals surface area (Å²) in [4.78, 5) is 0. The van der Waals surface area contributed by atoms with E-state index in [1.165, 1.54) is 11.1 Å². The Kier molecular flexibility index (Phi) is 3.83. The lowest BCUT2D eigenvalue weighted by Gasteiger charge is -2.27. The molecule has 0 bridgehead atoms. The van der Waals surface area contributed by atoms with Gasteiger partial charge in [0.1, 0.15) is 5.75 Å². The van der Waals surface area contributed by atoms with Crippen molar-refractivity contribution in [3.8, 4) is 5.75 Å². The summed E-state index contributed by atoms with van der Waals surface area (Å²) in [5, 5.41) is 0. The van der Waals surface area contributed by atoms with E-state index in [0.29, 0.717) is 6.10 Å². The van der Waals surface area contributed by atoms with Gasteiger partial charge < -0.3 is 9.16 Å².